The first-order valence-corrected chi connectivity index (χ1v) is 6.61. The molecule has 0 heterocycles. The highest BCUT2D eigenvalue weighted by Gasteiger charge is 2.14. The average molecular weight is 247 g/mol. The molecule has 0 aromatic heterocycles. The predicted molar refractivity (Wildman–Crippen MR) is 77.7 cm³/mol. The van der Waals surface area contributed by atoms with Gasteiger partial charge >= 0.3 is 0 Å². The van der Waals surface area contributed by atoms with Crippen LogP contribution in [0.15, 0.2) is 42.5 Å². The first-order chi connectivity index (χ1) is 8.61. The van der Waals surface area contributed by atoms with Gasteiger partial charge in [0.2, 0.25) is 0 Å². The summed E-state index contributed by atoms with van der Waals surface area (Å²) in [6.07, 6.45) is 0. The zero-order valence-corrected chi connectivity index (χ0v) is 11.8. The molecule has 0 bridgehead atoms. The van der Waals surface area contributed by atoms with Gasteiger partial charge in [-0.25, -0.2) is 0 Å². The molecule has 0 saturated carbocycles. The molecule has 1 aromatic carbocycles. The first-order valence-electron chi connectivity index (χ1n) is 6.61. The van der Waals surface area contributed by atoms with E-state index in [1.165, 1.54) is 5.56 Å². The summed E-state index contributed by atoms with van der Waals surface area (Å²) in [5.41, 5.74) is 2.41. The van der Waals surface area contributed by atoms with Crippen LogP contribution < -0.4 is 5.32 Å². The van der Waals surface area contributed by atoms with E-state index in [0.717, 1.165) is 18.7 Å². The van der Waals surface area contributed by atoms with Gasteiger partial charge in [-0.05, 0) is 18.4 Å². The van der Waals surface area contributed by atoms with Crippen molar-refractivity contribution in [2.75, 3.05) is 19.8 Å². The van der Waals surface area contributed by atoms with Crippen LogP contribution in [0, 0.1) is 5.92 Å². The van der Waals surface area contributed by atoms with Gasteiger partial charge < -0.3 is 10.1 Å². The number of hydrogen-bond acceptors (Lipinski definition) is 2. The molecule has 0 aliphatic carbocycles. The van der Waals surface area contributed by atoms with Crippen LogP contribution in [0.5, 0.6) is 0 Å². The summed E-state index contributed by atoms with van der Waals surface area (Å²) < 4.78 is 5.50. The fourth-order valence-corrected chi connectivity index (χ4v) is 1.93. The molecule has 0 spiro atoms. The van der Waals surface area contributed by atoms with Crippen LogP contribution in [-0.2, 0) is 4.74 Å². The molecule has 100 valence electrons. The minimum absolute atomic E-state index is 0.389. The Hall–Kier alpha value is -1.12. The monoisotopic (exact) mass is 247 g/mol. The smallest absolute Gasteiger partial charge is 0.0672 e. The Morgan fingerprint density at radius 2 is 1.94 bits per heavy atom. The Morgan fingerprint density at radius 3 is 2.50 bits per heavy atom. The summed E-state index contributed by atoms with van der Waals surface area (Å²) >= 11 is 0. The van der Waals surface area contributed by atoms with Crippen molar-refractivity contribution in [3.8, 4) is 0 Å². The summed E-state index contributed by atoms with van der Waals surface area (Å²) in [4.78, 5) is 0. The van der Waals surface area contributed by atoms with Gasteiger partial charge in [-0.1, -0.05) is 56.3 Å². The molecule has 0 fully saturated rings. The molecule has 1 rings (SSSR count). The molecule has 0 saturated heterocycles. The van der Waals surface area contributed by atoms with E-state index in [4.69, 9.17) is 4.74 Å². The minimum atomic E-state index is 0.389. The molecule has 1 N–H and O–H groups in total. The van der Waals surface area contributed by atoms with Crippen molar-refractivity contribution in [3.05, 3.63) is 48.0 Å². The highest BCUT2D eigenvalue weighted by molar-refractivity contribution is 5.19. The van der Waals surface area contributed by atoms with Gasteiger partial charge in [0.25, 0.3) is 0 Å². The Bertz CT molecular complexity index is 345. The van der Waals surface area contributed by atoms with Crippen LogP contribution in [-0.4, -0.2) is 19.8 Å². The van der Waals surface area contributed by atoms with Crippen LogP contribution in [0.3, 0.4) is 0 Å². The fraction of sp³-hybridized carbons (Fsp3) is 0.500. The largest absolute Gasteiger partial charge is 0.376 e. The lowest BCUT2D eigenvalue weighted by Gasteiger charge is -2.23. The maximum atomic E-state index is 5.50. The van der Waals surface area contributed by atoms with Crippen molar-refractivity contribution in [1.29, 1.82) is 0 Å². The van der Waals surface area contributed by atoms with Gasteiger partial charge in [-0.2, -0.15) is 0 Å². The van der Waals surface area contributed by atoms with E-state index in [1.54, 1.807) is 0 Å². The van der Waals surface area contributed by atoms with E-state index < -0.39 is 0 Å². The van der Waals surface area contributed by atoms with Crippen molar-refractivity contribution < 1.29 is 4.74 Å². The number of ether oxygens (including phenoxy) is 1. The van der Waals surface area contributed by atoms with Gasteiger partial charge in [0.05, 0.1) is 13.2 Å². The quantitative estimate of drug-likeness (QED) is 0.560. The molecule has 2 nitrogen and oxygen atoms in total. The second kappa shape index (κ2) is 8.06. The Labute approximate surface area is 111 Å². The van der Waals surface area contributed by atoms with Gasteiger partial charge in [-0.15, -0.1) is 0 Å². The molecule has 0 aliphatic rings. The third-order valence-electron chi connectivity index (χ3n) is 2.78. The van der Waals surface area contributed by atoms with Crippen LogP contribution in [0.2, 0.25) is 0 Å². The zero-order valence-electron chi connectivity index (χ0n) is 11.8. The van der Waals surface area contributed by atoms with E-state index >= 15 is 0 Å². The third-order valence-corrected chi connectivity index (χ3v) is 2.78. The number of benzene rings is 1. The van der Waals surface area contributed by atoms with E-state index in [0.29, 0.717) is 18.6 Å². The molecular formula is C16H25NO. The molecule has 0 amide bonds. The predicted octanol–water partition coefficient (Wildman–Crippen LogP) is 3.57. The summed E-state index contributed by atoms with van der Waals surface area (Å²) in [5.74, 6) is 0.563. The summed E-state index contributed by atoms with van der Waals surface area (Å²) in [7, 11) is 0. The van der Waals surface area contributed by atoms with Crippen molar-refractivity contribution >= 4 is 0 Å². The van der Waals surface area contributed by atoms with Crippen molar-refractivity contribution in [1.82, 2.24) is 5.32 Å². The Kier molecular flexibility index (Phi) is 6.69. The lowest BCUT2D eigenvalue weighted by molar-refractivity contribution is 0.153. The molecular weight excluding hydrogens is 222 g/mol. The minimum Gasteiger partial charge on any atom is -0.376 e. The van der Waals surface area contributed by atoms with Gasteiger partial charge in [0.1, 0.15) is 0 Å². The van der Waals surface area contributed by atoms with Crippen LogP contribution in [0.4, 0.5) is 0 Å². The van der Waals surface area contributed by atoms with E-state index in [1.807, 2.05) is 6.92 Å². The molecule has 2 heteroatoms. The Balaban J connectivity index is 2.38. The van der Waals surface area contributed by atoms with E-state index in [9.17, 15) is 0 Å². The SMILES string of the molecule is C=C(C)COCCNC(c1ccccc1)C(C)C. The van der Waals surface area contributed by atoms with Crippen molar-refractivity contribution in [2.45, 2.75) is 26.8 Å². The normalized spacial score (nSPS) is 12.7. The third kappa shape index (κ3) is 5.48. The number of rotatable bonds is 8. The van der Waals surface area contributed by atoms with Crippen LogP contribution >= 0.6 is 0 Å². The maximum absolute atomic E-state index is 5.50. The van der Waals surface area contributed by atoms with Crippen molar-refractivity contribution in [2.24, 2.45) is 5.92 Å². The molecule has 0 radical (unpaired) electrons. The van der Waals surface area contributed by atoms with Gasteiger partial charge in [-0.3, -0.25) is 0 Å². The second-order valence-corrected chi connectivity index (χ2v) is 5.10. The van der Waals surface area contributed by atoms with Crippen molar-refractivity contribution in [3.63, 3.8) is 0 Å². The first kappa shape index (κ1) is 14.9. The molecule has 1 aromatic rings. The molecule has 1 atom stereocenters. The number of hydrogen-bond donors (Lipinski definition) is 1. The maximum Gasteiger partial charge on any atom is 0.0672 e. The molecule has 1 unspecified atom stereocenters. The second-order valence-electron chi connectivity index (χ2n) is 5.10. The van der Waals surface area contributed by atoms with Crippen LogP contribution in [0.25, 0.3) is 0 Å². The lowest BCUT2D eigenvalue weighted by atomic mass is 9.96. The summed E-state index contributed by atoms with van der Waals surface area (Å²) in [6.45, 7) is 12.5. The fourth-order valence-electron chi connectivity index (χ4n) is 1.93. The summed E-state index contributed by atoms with van der Waals surface area (Å²) in [5, 5.41) is 3.55. The Morgan fingerprint density at radius 1 is 1.28 bits per heavy atom. The standard InChI is InChI=1S/C16H25NO/c1-13(2)12-18-11-10-17-16(14(3)4)15-8-6-5-7-9-15/h5-9,14,16-17H,1,10-12H2,2-4H3. The van der Waals surface area contributed by atoms with E-state index in [-0.39, 0.29) is 0 Å². The lowest BCUT2D eigenvalue weighted by Crippen LogP contribution is -2.29. The average Bonchev–Trinajstić information content (AvgIpc) is 2.34. The molecule has 18 heavy (non-hydrogen) atoms. The topological polar surface area (TPSA) is 21.3 Å². The summed E-state index contributed by atoms with van der Waals surface area (Å²) in [6, 6.07) is 11.0. The highest BCUT2D eigenvalue weighted by atomic mass is 16.5. The van der Waals surface area contributed by atoms with Crippen LogP contribution in [0.1, 0.15) is 32.4 Å². The number of nitrogens with one attached hydrogen (secondary N) is 1. The highest BCUT2D eigenvalue weighted by Crippen LogP contribution is 2.20. The van der Waals surface area contributed by atoms with E-state index in [2.05, 4.69) is 56.1 Å². The zero-order chi connectivity index (χ0) is 13.4. The molecule has 0 aliphatic heterocycles. The van der Waals surface area contributed by atoms with Gasteiger partial charge in [0, 0.05) is 12.6 Å². The van der Waals surface area contributed by atoms with Gasteiger partial charge in [0.15, 0.2) is 0 Å².